The predicted molar refractivity (Wildman–Crippen MR) is 90.1 cm³/mol. The van der Waals surface area contributed by atoms with Crippen molar-refractivity contribution in [1.29, 1.82) is 0 Å². The Kier molecular flexibility index (Phi) is 438. The molecule has 0 rings (SSSR count). The molecule has 0 amide bonds. The third kappa shape index (κ3) is 878. The van der Waals surface area contributed by atoms with Gasteiger partial charge in [0.15, 0.2) is 0 Å². The summed E-state index contributed by atoms with van der Waals surface area (Å²) in [6.45, 7) is 29.9. The van der Waals surface area contributed by atoms with Gasteiger partial charge in [-0.2, -0.15) is 0 Å². The first-order valence-electron chi connectivity index (χ1n) is 6.15. The van der Waals surface area contributed by atoms with Gasteiger partial charge in [0.2, 0.25) is 0 Å². The first-order chi connectivity index (χ1) is 8.33. The molecule has 1 nitrogen and oxygen atoms in total. The fourth-order valence-electron chi connectivity index (χ4n) is 0.105. The second-order valence-corrected chi connectivity index (χ2v) is 1.06. The van der Waals surface area contributed by atoms with E-state index in [9.17, 15) is 0 Å². The summed E-state index contributed by atoms with van der Waals surface area (Å²) in [5.74, 6) is 0. The smallest absolute Gasteiger partial charge is 0.0191 e. The first kappa shape index (κ1) is 36.1. The van der Waals surface area contributed by atoms with E-state index in [0.29, 0.717) is 0 Å². The minimum atomic E-state index is 1.50. The summed E-state index contributed by atoms with van der Waals surface area (Å²) in [5.41, 5.74) is 0. The predicted octanol–water partition coefficient (Wildman–Crippen LogP) is 6.46. The van der Waals surface area contributed by atoms with Gasteiger partial charge in [-0.25, -0.2) is 0 Å². The van der Waals surface area contributed by atoms with Crippen molar-refractivity contribution in [1.82, 2.24) is 0 Å². The van der Waals surface area contributed by atoms with Crippen LogP contribution in [0.15, 0.2) is 56.2 Å². The van der Waals surface area contributed by atoms with Crippen LogP contribution in [-0.4, -0.2) is 6.21 Å². The van der Waals surface area contributed by atoms with Crippen LogP contribution in [0, 0.1) is 0 Å². The Balaban J connectivity index is -0.0000000228. The van der Waals surface area contributed by atoms with Crippen LogP contribution >= 0.6 is 0 Å². The molecule has 0 fully saturated rings. The van der Waals surface area contributed by atoms with Gasteiger partial charge in [-0.3, -0.25) is 4.99 Å². The maximum atomic E-state index is 3.61. The molecule has 0 N–H and O–H groups in total. The summed E-state index contributed by atoms with van der Waals surface area (Å²) >= 11 is 0. The fraction of sp³-hybridized carbons (Fsp3) is 0.438. The minimum Gasteiger partial charge on any atom is -0.270 e. The standard InChI is InChI=1S/C4H7N.C4H6.3C2H6.C2H4/c1-3-5-4-2;1-3-4-2;4*1-2/h3-4H,1H2,2H3;3-4H,1-2H2;3*1-2H3;1-2H2. The highest BCUT2D eigenvalue weighted by atomic mass is 14.6. The van der Waals surface area contributed by atoms with Gasteiger partial charge in [-0.05, 0) is 6.92 Å². The molecule has 0 aromatic rings. The Hall–Kier alpha value is -1.37. The number of aliphatic imine (C=N–C) groups is 1. The molecule has 0 bridgehead atoms. The lowest BCUT2D eigenvalue weighted by atomic mass is 10.6. The zero-order chi connectivity index (χ0) is 15.5. The van der Waals surface area contributed by atoms with E-state index in [1.807, 2.05) is 48.5 Å². The third-order valence-electron chi connectivity index (χ3n) is 0.421. The zero-order valence-electron chi connectivity index (χ0n) is 13.3. The summed E-state index contributed by atoms with van der Waals surface area (Å²) < 4.78 is 0. The van der Waals surface area contributed by atoms with Crippen molar-refractivity contribution >= 4 is 6.21 Å². The molecular weight excluding hydrogens is 206 g/mol. The highest BCUT2D eigenvalue weighted by molar-refractivity contribution is 5.53. The summed E-state index contributed by atoms with van der Waals surface area (Å²) in [7, 11) is 0. The van der Waals surface area contributed by atoms with Crippen LogP contribution in [-0.2, 0) is 0 Å². The normalized spacial score (nSPS) is 5.12. The summed E-state index contributed by atoms with van der Waals surface area (Å²) in [6, 6.07) is 0. The first-order valence-corrected chi connectivity index (χ1v) is 6.15. The molecular formula is C16H35N. The van der Waals surface area contributed by atoms with Crippen molar-refractivity contribution < 1.29 is 0 Å². The lowest BCUT2D eigenvalue weighted by Crippen LogP contribution is -1.46. The van der Waals surface area contributed by atoms with Gasteiger partial charge in [0.25, 0.3) is 0 Å². The van der Waals surface area contributed by atoms with Crippen LogP contribution in [0.5, 0.6) is 0 Å². The molecule has 0 saturated heterocycles. The van der Waals surface area contributed by atoms with Gasteiger partial charge in [0.1, 0.15) is 0 Å². The number of allylic oxidation sites excluding steroid dienone is 2. The Morgan fingerprint density at radius 1 is 0.706 bits per heavy atom. The topological polar surface area (TPSA) is 12.4 Å². The SMILES string of the molecule is C=C.C=CC=C.C=CN=CC.CC.CC.CC. The van der Waals surface area contributed by atoms with Gasteiger partial charge >= 0.3 is 0 Å². The van der Waals surface area contributed by atoms with Crippen LogP contribution in [0.4, 0.5) is 0 Å². The lowest BCUT2D eigenvalue weighted by molar-refractivity contribution is 1.50. The summed E-state index contributed by atoms with van der Waals surface area (Å²) in [5, 5.41) is 0. The number of hydrogen-bond acceptors (Lipinski definition) is 1. The summed E-state index contributed by atoms with van der Waals surface area (Å²) in [4.78, 5) is 3.61. The maximum absolute atomic E-state index is 3.61. The number of nitrogens with zero attached hydrogens (tertiary/aromatic N) is 1. The van der Waals surface area contributed by atoms with E-state index < -0.39 is 0 Å². The number of hydrogen-bond donors (Lipinski definition) is 0. The fourth-order valence-corrected chi connectivity index (χ4v) is 0.105. The molecule has 0 radical (unpaired) electrons. The second-order valence-electron chi connectivity index (χ2n) is 1.06. The van der Waals surface area contributed by atoms with E-state index in [1.165, 1.54) is 6.20 Å². The molecule has 1 heteroatoms. The molecule has 0 atom stereocenters. The molecule has 0 saturated carbocycles. The van der Waals surface area contributed by atoms with Gasteiger partial charge in [-0.1, -0.05) is 73.4 Å². The van der Waals surface area contributed by atoms with Crippen molar-refractivity contribution in [2.75, 3.05) is 0 Å². The van der Waals surface area contributed by atoms with Gasteiger partial charge in [0.05, 0.1) is 0 Å². The molecule has 0 spiro atoms. The highest BCUT2D eigenvalue weighted by Crippen LogP contribution is 1.57. The quantitative estimate of drug-likeness (QED) is 0.299. The van der Waals surface area contributed by atoms with Crippen LogP contribution in [0.1, 0.15) is 48.5 Å². The Labute approximate surface area is 111 Å². The van der Waals surface area contributed by atoms with E-state index in [1.54, 1.807) is 18.4 Å². The van der Waals surface area contributed by atoms with Gasteiger partial charge in [-0.15, -0.1) is 13.2 Å². The zero-order valence-corrected chi connectivity index (χ0v) is 13.3. The number of rotatable bonds is 2. The molecule has 0 aliphatic rings. The van der Waals surface area contributed by atoms with Crippen molar-refractivity contribution in [2.45, 2.75) is 48.5 Å². The molecule has 0 aliphatic heterocycles. The van der Waals surface area contributed by atoms with Crippen LogP contribution in [0.3, 0.4) is 0 Å². The van der Waals surface area contributed by atoms with E-state index in [2.05, 4.69) is 37.9 Å². The van der Waals surface area contributed by atoms with Crippen LogP contribution < -0.4 is 0 Å². The van der Waals surface area contributed by atoms with Crippen molar-refractivity contribution in [3.05, 3.63) is 51.2 Å². The average molecular weight is 241 g/mol. The maximum Gasteiger partial charge on any atom is 0.0191 e. The van der Waals surface area contributed by atoms with Crippen molar-refractivity contribution in [3.8, 4) is 0 Å². The van der Waals surface area contributed by atoms with E-state index in [-0.39, 0.29) is 0 Å². The summed E-state index contributed by atoms with van der Waals surface area (Å²) in [6.07, 6.45) is 6.47. The molecule has 17 heavy (non-hydrogen) atoms. The van der Waals surface area contributed by atoms with E-state index in [4.69, 9.17) is 0 Å². The average Bonchev–Trinajstić information content (AvgIpc) is 2.48. The Morgan fingerprint density at radius 2 is 0.941 bits per heavy atom. The Morgan fingerprint density at radius 3 is 0.941 bits per heavy atom. The van der Waals surface area contributed by atoms with Crippen molar-refractivity contribution in [2.24, 2.45) is 4.99 Å². The second kappa shape index (κ2) is 206. The molecule has 0 heterocycles. The minimum absolute atomic E-state index is 1.50. The Bertz CT molecular complexity index is 107. The van der Waals surface area contributed by atoms with Crippen molar-refractivity contribution in [3.63, 3.8) is 0 Å². The highest BCUT2D eigenvalue weighted by Gasteiger charge is 1.40. The monoisotopic (exact) mass is 241 g/mol. The largest absolute Gasteiger partial charge is 0.270 e. The molecule has 0 unspecified atom stereocenters. The van der Waals surface area contributed by atoms with Crippen LogP contribution in [0.25, 0.3) is 0 Å². The molecule has 0 aliphatic carbocycles. The van der Waals surface area contributed by atoms with Gasteiger partial charge in [0, 0.05) is 12.4 Å². The molecule has 0 aromatic heterocycles. The van der Waals surface area contributed by atoms with E-state index >= 15 is 0 Å². The van der Waals surface area contributed by atoms with Gasteiger partial charge < -0.3 is 0 Å². The van der Waals surface area contributed by atoms with Crippen LogP contribution in [0.2, 0.25) is 0 Å². The molecule has 0 aromatic carbocycles. The third-order valence-corrected chi connectivity index (χ3v) is 0.421. The molecule has 104 valence electrons. The van der Waals surface area contributed by atoms with E-state index in [0.717, 1.165) is 0 Å². The lowest BCUT2D eigenvalue weighted by Gasteiger charge is -1.58.